The van der Waals surface area contributed by atoms with Crippen LogP contribution in [-0.2, 0) is 34.4 Å². The lowest BCUT2D eigenvalue weighted by atomic mass is 10.1. The number of nitrogens with zero attached hydrogens (tertiary/aromatic N) is 17. The number of carbonyl (C=O) groups excluding carboxylic acids is 2. The number of imidazole rings is 3. The van der Waals surface area contributed by atoms with Gasteiger partial charge in [-0.05, 0) is 152 Å². The van der Waals surface area contributed by atoms with Gasteiger partial charge in [0, 0.05) is 98.9 Å². The van der Waals surface area contributed by atoms with Crippen molar-refractivity contribution in [1.29, 1.82) is 0 Å². The highest BCUT2D eigenvalue weighted by Gasteiger charge is 2.30. The molecular weight excluding hydrogens is 1860 g/mol. The highest BCUT2D eigenvalue weighted by Crippen LogP contribution is 2.43. The molecule has 10 aromatic heterocycles. The van der Waals surface area contributed by atoms with Gasteiger partial charge in [0.15, 0.2) is 39.7 Å². The van der Waals surface area contributed by atoms with Crippen molar-refractivity contribution in [2.24, 2.45) is 0 Å². The van der Waals surface area contributed by atoms with Gasteiger partial charge in [0.2, 0.25) is 0 Å². The van der Waals surface area contributed by atoms with Crippen LogP contribution in [0.1, 0.15) is 31.5 Å². The second-order valence-electron chi connectivity index (χ2n) is 31.7. The summed E-state index contributed by atoms with van der Waals surface area (Å²) in [7, 11) is -3.80. The van der Waals surface area contributed by atoms with Crippen LogP contribution in [0, 0.1) is 10.1 Å². The van der Waals surface area contributed by atoms with Crippen LogP contribution >= 0.6 is 47.0 Å². The van der Waals surface area contributed by atoms with E-state index in [4.69, 9.17) is 29.8 Å². The number of hydrogen-bond acceptors (Lipinski definition) is 27. The summed E-state index contributed by atoms with van der Waals surface area (Å²) < 4.78 is 148. The molecule has 0 atom stereocenters. The average Bonchev–Trinajstić information content (AvgIpc) is 1.61. The van der Waals surface area contributed by atoms with Gasteiger partial charge in [0.25, 0.3) is 11.8 Å². The minimum absolute atomic E-state index is 0.0226. The fourth-order valence-electron chi connectivity index (χ4n) is 12.1. The first-order valence-electron chi connectivity index (χ1n) is 39.9. The van der Waals surface area contributed by atoms with E-state index in [9.17, 15) is 59.6 Å². The number of hydrogen-bond donors (Lipinski definition) is 5. The van der Waals surface area contributed by atoms with Crippen LogP contribution in [0.3, 0.4) is 0 Å². The van der Waals surface area contributed by atoms with Crippen molar-refractivity contribution >= 4 is 129 Å². The molecule has 14 rings (SSSR count). The zero-order valence-corrected chi connectivity index (χ0v) is 79.8. The van der Waals surface area contributed by atoms with Crippen LogP contribution in [0.2, 0.25) is 77.1 Å². The van der Waals surface area contributed by atoms with Crippen molar-refractivity contribution in [3.63, 3.8) is 0 Å². The predicted octanol–water partition coefficient (Wildman–Crippen LogP) is 19.5. The maximum Gasteiger partial charge on any atom is 0.387 e. The van der Waals surface area contributed by atoms with E-state index >= 15 is 0 Å². The molecule has 10 heterocycles. The Kier molecular flexibility index (Phi) is 36.4. The fraction of sp³-hybridized carbons (Fsp3) is 0.313. The molecular formula is C83H95F8N21O13S4Si3. The molecule has 0 fully saturated rings. The van der Waals surface area contributed by atoms with Crippen molar-refractivity contribution in [2.75, 3.05) is 61.2 Å². The van der Waals surface area contributed by atoms with Gasteiger partial charge in [-0.3, -0.25) is 24.8 Å². The molecule has 0 saturated carbocycles. The van der Waals surface area contributed by atoms with Gasteiger partial charge in [-0.15, -0.1) is 47.0 Å². The minimum atomic E-state index is -3.05. The van der Waals surface area contributed by atoms with E-state index < -0.39 is 73.4 Å². The van der Waals surface area contributed by atoms with Gasteiger partial charge in [-0.1, -0.05) is 58.9 Å². The number of rotatable bonds is 37. The van der Waals surface area contributed by atoms with E-state index in [1.807, 2.05) is 25.0 Å². The number of anilines is 3. The summed E-state index contributed by atoms with van der Waals surface area (Å²) in [5, 5.41) is 57.2. The van der Waals surface area contributed by atoms with E-state index in [0.717, 1.165) is 43.9 Å². The summed E-state index contributed by atoms with van der Waals surface area (Å²) in [6, 6.07) is 32.5. The highest BCUT2D eigenvalue weighted by molar-refractivity contribution is 7.99. The highest BCUT2D eigenvalue weighted by atomic mass is 32.2. The van der Waals surface area contributed by atoms with Crippen molar-refractivity contribution in [2.45, 2.75) is 143 Å². The number of amides is 2. The number of benzene rings is 4. The third-order valence-corrected chi connectivity index (χ3v) is 26.7. The Balaban J connectivity index is 0.000000176. The maximum atomic E-state index is 13.3. The summed E-state index contributed by atoms with van der Waals surface area (Å²) in [4.78, 5) is 62.9. The molecule has 132 heavy (non-hydrogen) atoms. The molecule has 0 spiro atoms. The number of nitro groups is 1. The molecule has 0 saturated heterocycles. The largest absolute Gasteiger partial charge is 0.476 e. The number of aromatic amines is 1. The van der Waals surface area contributed by atoms with Crippen molar-refractivity contribution in [3.05, 3.63) is 198 Å². The predicted molar refractivity (Wildman–Crippen MR) is 496 cm³/mol. The second kappa shape index (κ2) is 47.2. The Morgan fingerprint density at radius 2 is 0.795 bits per heavy atom. The molecule has 34 nitrogen and oxygen atoms in total. The molecule has 702 valence electrons. The molecule has 49 heteroatoms. The van der Waals surface area contributed by atoms with Gasteiger partial charge in [0.1, 0.15) is 49.4 Å². The number of halogens is 8. The lowest BCUT2D eigenvalue weighted by Gasteiger charge is -2.17. The summed E-state index contributed by atoms with van der Waals surface area (Å²) in [6.45, 7) is 10.1. The Hall–Kier alpha value is -12.2. The number of H-pyrrole nitrogens is 1. The van der Waals surface area contributed by atoms with Crippen LogP contribution in [0.15, 0.2) is 191 Å². The molecule has 0 aliphatic heterocycles. The zero-order valence-electron chi connectivity index (χ0n) is 73.5. The average molecular weight is 1960 g/mol. The van der Waals surface area contributed by atoms with E-state index in [0.29, 0.717) is 87.6 Å². The lowest BCUT2D eigenvalue weighted by molar-refractivity contribution is -0.384. The van der Waals surface area contributed by atoms with Crippen LogP contribution in [-0.4, -0.2) is 207 Å². The molecule has 0 aliphatic rings. The smallest absolute Gasteiger partial charge is 0.387 e. The van der Waals surface area contributed by atoms with E-state index in [-0.39, 0.29) is 77.2 Å². The Labute approximate surface area is 771 Å². The lowest BCUT2D eigenvalue weighted by Crippen LogP contribution is -2.22. The molecule has 2 amide bonds. The number of carbonyl (C=O) groups is 3. The van der Waals surface area contributed by atoms with Crippen LogP contribution in [0.4, 0.5) is 57.9 Å². The number of alkyl halides is 8. The Morgan fingerprint density at radius 1 is 0.455 bits per heavy atom. The number of thioether (sulfide) groups is 4. The van der Waals surface area contributed by atoms with Gasteiger partial charge in [-0.2, -0.15) is 70.8 Å². The number of aromatic nitrogens is 17. The van der Waals surface area contributed by atoms with Gasteiger partial charge in [-0.25, -0.2) is 47.3 Å². The van der Waals surface area contributed by atoms with E-state index in [1.165, 1.54) is 144 Å². The molecule has 4 aromatic carbocycles. The van der Waals surface area contributed by atoms with Gasteiger partial charge in [0.05, 0.1) is 81.8 Å². The number of nitrogens with one attached hydrogen (secondary N) is 3. The molecule has 0 bridgehead atoms. The Morgan fingerprint density at radius 3 is 1.18 bits per heavy atom. The second-order valence-corrected chi connectivity index (χ2v) is 52.1. The molecule has 6 N–H and O–H groups in total. The van der Waals surface area contributed by atoms with Crippen molar-refractivity contribution in [1.82, 2.24) is 83.3 Å². The number of carboxylic acids is 1. The molecule has 0 radical (unpaired) electrons. The first kappa shape index (κ1) is 102. The first-order valence-corrected chi connectivity index (χ1v) is 56.0. The molecule has 14 aromatic rings. The summed E-state index contributed by atoms with van der Waals surface area (Å²) in [5.74, 6) is -2.15. The van der Waals surface area contributed by atoms with Crippen LogP contribution in [0.25, 0.3) is 62.0 Å². The summed E-state index contributed by atoms with van der Waals surface area (Å²) in [5.41, 5.74) is 11.5. The number of nitrogen functional groups attached to an aromatic ring is 1. The molecule has 0 unspecified atom stereocenters. The summed E-state index contributed by atoms with van der Waals surface area (Å²) in [6.07, 6.45) is 21.6. The monoisotopic (exact) mass is 1960 g/mol. The Bertz CT molecular complexity index is 6230. The number of ether oxygens (including phenoxy) is 7. The van der Waals surface area contributed by atoms with Crippen LogP contribution < -0.4 is 35.3 Å². The summed E-state index contributed by atoms with van der Waals surface area (Å²) >= 11 is 5.78. The van der Waals surface area contributed by atoms with Crippen molar-refractivity contribution in [3.8, 4) is 68.0 Å². The number of fused-ring (bicyclic) bond motifs is 3. The minimum Gasteiger partial charge on any atom is -0.476 e. The third kappa shape index (κ3) is 28.6. The maximum absolute atomic E-state index is 13.3. The number of carboxylic acid groups (broad SMARTS) is 1. The van der Waals surface area contributed by atoms with E-state index in [1.54, 1.807) is 95.8 Å². The fourth-order valence-corrected chi connectivity index (χ4v) is 16.1. The van der Waals surface area contributed by atoms with E-state index in [2.05, 4.69) is 140 Å². The van der Waals surface area contributed by atoms with Gasteiger partial charge < -0.3 is 54.6 Å². The first-order chi connectivity index (χ1) is 62.8. The zero-order chi connectivity index (χ0) is 95.7. The topological polar surface area (TPSA) is 402 Å². The normalized spacial score (nSPS) is 11.6. The third-order valence-electron chi connectivity index (χ3n) is 18.7. The number of aromatic carboxylic acids is 1. The standard InChI is InChI=1S/C24H28F2N6O3SSi.C18H14F2N6O2S.C17H23F2N3O4SSi.C17H25F2N3O2SSi.C7H5N3O2/c1-36-16-7-8-20(35-24(25)26)17(12-16)22-18(13-29-31(22)15-34-10-11-37(2,3)4)30-23(33)19-14-27-21-6-5-9-28-32(19)21;1-29-10-4-5-14(28-18(19)20)11(7-10)16-12(8-22-25-16)24-17(27)13-9-21-15-3-2-6-23-26(13)15;1-27-12-5-6-15(26-17(18)19)13(9-12)16-14(22(23)24)10-20-21(16)11-25-7-8-28(2,3)4;1-25-12-5-6-15(24-17(18)19)13(9-12)16-14(20)10-21-22(16)11-23-7-8-26(2,3)4;11-7(12)5-4-8-6-2-1-3-9-10(5)6/h5-9,12-14,24H,10-11,15H2,1-4H3,(H,30,33);2-9,18H,1H3,(H,22,25)(H,24,27);5-6,9-10,17H,7-8,11H2,1-4H3;5-6,9-10,17H,7-8,11,20H2,1-4H3;1-4H,(H,11,12). The van der Waals surface area contributed by atoms with Gasteiger partial charge >= 0.3 is 38.1 Å². The van der Waals surface area contributed by atoms with Crippen LogP contribution in [0.5, 0.6) is 23.0 Å². The number of nitrogens with two attached hydrogens (primary N) is 1. The van der Waals surface area contributed by atoms with Crippen molar-refractivity contribution < 1.29 is 92.7 Å². The SMILES string of the molecule is CSc1ccc(OC(F)F)c(-c2[nH]ncc2NC(=O)c2cnc3cccnn23)c1.CSc1ccc(OC(F)F)c(-c2c(N)cnn2COCC[Si](C)(C)C)c1.CSc1ccc(OC(F)F)c(-c2c(NC(=O)c3cnc4cccnn34)cnn2COCC[Si](C)(C)C)c1.CSc1ccc(OC(F)F)c(-c2c([N+](=O)[O-])cnn2COCC[Si](C)(C)C)c1.O=C(O)c1cnc2cccnn12. The quantitative estimate of drug-likeness (QED) is 0.00603. The molecule has 0 aliphatic carbocycles.